The summed E-state index contributed by atoms with van der Waals surface area (Å²) in [4.78, 5) is 18.6. The highest BCUT2D eigenvalue weighted by atomic mass is 32.1. The molecule has 0 atom stereocenters. The fourth-order valence-corrected chi connectivity index (χ4v) is 5.62. The summed E-state index contributed by atoms with van der Waals surface area (Å²) in [6.07, 6.45) is 11.8. The minimum Gasteiger partial charge on any atom is -0.494 e. The summed E-state index contributed by atoms with van der Waals surface area (Å²) >= 11 is 1.31. The first-order valence-electron chi connectivity index (χ1n) is 15.3. The van der Waals surface area contributed by atoms with Crippen LogP contribution in [-0.2, 0) is 0 Å². The van der Waals surface area contributed by atoms with Gasteiger partial charge >= 0.3 is 0 Å². The van der Waals surface area contributed by atoms with Gasteiger partial charge in [-0.05, 0) is 79.1 Å². The van der Waals surface area contributed by atoms with Gasteiger partial charge in [0.25, 0.3) is 5.56 Å². The Kier molecular flexibility index (Phi) is 9.46. The third-order valence-electron chi connectivity index (χ3n) is 7.21. The van der Waals surface area contributed by atoms with Gasteiger partial charge in [0, 0.05) is 17.3 Å². The van der Waals surface area contributed by atoms with E-state index in [-0.39, 0.29) is 5.56 Å². The fourth-order valence-electron chi connectivity index (χ4n) is 4.71. The summed E-state index contributed by atoms with van der Waals surface area (Å²) < 4.78 is 15.3. The number of aromatic nitrogens is 5. The Bertz CT molecular complexity index is 1990. The topological polar surface area (TPSA) is 83.5 Å². The van der Waals surface area contributed by atoms with Crippen LogP contribution in [0.3, 0.4) is 0 Å². The molecule has 0 spiro atoms. The van der Waals surface area contributed by atoms with Gasteiger partial charge < -0.3 is 9.47 Å². The van der Waals surface area contributed by atoms with E-state index in [2.05, 4.69) is 23.9 Å². The van der Waals surface area contributed by atoms with Crippen molar-refractivity contribution in [2.24, 2.45) is 0 Å². The van der Waals surface area contributed by atoms with E-state index in [1.807, 2.05) is 108 Å². The first kappa shape index (κ1) is 30.0. The van der Waals surface area contributed by atoms with Crippen LogP contribution in [0.4, 0.5) is 0 Å². The maximum Gasteiger partial charge on any atom is 0.291 e. The highest BCUT2D eigenvalue weighted by Crippen LogP contribution is 2.27. The standard InChI is InChI=1S/C36H35N5O3S/c1-3-5-22-43-30-17-12-26(13-18-30)14-21-33-37-36-41(38-33)35(42)32(45-36)24-28-25-40(29-10-8-7-9-11-29)39-34(28)27-15-19-31(20-16-27)44-23-6-4-2/h7-21,24-25H,3-6,22-23H2,1-2H3/b21-14+,32-24-. The van der Waals surface area contributed by atoms with Crippen molar-refractivity contribution in [1.29, 1.82) is 0 Å². The zero-order chi connectivity index (χ0) is 31.0. The molecule has 45 heavy (non-hydrogen) atoms. The molecule has 0 aliphatic heterocycles. The van der Waals surface area contributed by atoms with E-state index in [0.717, 1.165) is 71.9 Å². The van der Waals surface area contributed by atoms with Crippen LogP contribution in [0, 0.1) is 0 Å². The van der Waals surface area contributed by atoms with E-state index >= 15 is 0 Å². The third kappa shape index (κ3) is 7.21. The van der Waals surface area contributed by atoms with Gasteiger partial charge in [0.15, 0.2) is 5.82 Å². The zero-order valence-electron chi connectivity index (χ0n) is 25.4. The van der Waals surface area contributed by atoms with Crippen LogP contribution in [0.1, 0.15) is 56.5 Å². The number of nitrogens with zero attached hydrogens (tertiary/aromatic N) is 5. The van der Waals surface area contributed by atoms with Crippen molar-refractivity contribution < 1.29 is 9.47 Å². The number of hydrogen-bond donors (Lipinski definition) is 0. The number of benzene rings is 3. The Morgan fingerprint density at radius 1 is 0.800 bits per heavy atom. The smallest absolute Gasteiger partial charge is 0.291 e. The van der Waals surface area contributed by atoms with E-state index in [1.54, 1.807) is 0 Å². The van der Waals surface area contributed by atoms with Crippen LogP contribution in [0.5, 0.6) is 11.5 Å². The molecule has 0 unspecified atom stereocenters. The second-order valence-corrected chi connectivity index (χ2v) is 11.6. The molecule has 0 bridgehead atoms. The van der Waals surface area contributed by atoms with Crippen LogP contribution >= 0.6 is 11.3 Å². The first-order chi connectivity index (χ1) is 22.1. The van der Waals surface area contributed by atoms with Gasteiger partial charge in [-0.3, -0.25) is 4.79 Å². The fraction of sp³-hybridized carbons (Fsp3) is 0.222. The Hall–Kier alpha value is -5.02. The first-order valence-corrected chi connectivity index (χ1v) is 16.1. The molecule has 0 N–H and O–H groups in total. The number of thiazole rings is 1. The molecule has 0 saturated carbocycles. The zero-order valence-corrected chi connectivity index (χ0v) is 26.2. The highest BCUT2D eigenvalue weighted by molar-refractivity contribution is 7.15. The average molecular weight is 618 g/mol. The SMILES string of the molecule is CCCCOc1ccc(/C=C/c2nc3s/c(=C\c4cn(-c5ccccc5)nc4-c4ccc(OCCCC)cc4)c(=O)n3n2)cc1. The Balaban J connectivity index is 1.27. The lowest BCUT2D eigenvalue weighted by atomic mass is 10.1. The van der Waals surface area contributed by atoms with Gasteiger partial charge in [-0.1, -0.05) is 74.4 Å². The van der Waals surface area contributed by atoms with Crippen molar-refractivity contribution in [3.8, 4) is 28.4 Å². The van der Waals surface area contributed by atoms with Gasteiger partial charge in [-0.15, -0.1) is 5.10 Å². The third-order valence-corrected chi connectivity index (χ3v) is 8.17. The van der Waals surface area contributed by atoms with Gasteiger partial charge in [0.1, 0.15) is 17.2 Å². The normalized spacial score (nSPS) is 12.0. The average Bonchev–Trinajstić information content (AvgIpc) is 3.76. The lowest BCUT2D eigenvalue weighted by Gasteiger charge is -2.06. The Labute approximate surface area is 265 Å². The molecule has 0 radical (unpaired) electrons. The Morgan fingerprint density at radius 3 is 2.11 bits per heavy atom. The van der Waals surface area contributed by atoms with Gasteiger partial charge in [-0.2, -0.15) is 14.6 Å². The quantitative estimate of drug-likeness (QED) is 0.129. The molecule has 6 aromatic rings. The molecule has 0 aliphatic carbocycles. The number of ether oxygens (including phenoxy) is 2. The summed E-state index contributed by atoms with van der Waals surface area (Å²) in [5.41, 5.74) is 4.23. The van der Waals surface area contributed by atoms with Crippen LogP contribution < -0.4 is 19.6 Å². The molecule has 228 valence electrons. The summed E-state index contributed by atoms with van der Waals surface area (Å²) in [6.45, 7) is 5.70. The summed E-state index contributed by atoms with van der Waals surface area (Å²) in [5, 5.41) is 9.37. The number of unbranched alkanes of at least 4 members (excludes halogenated alkanes) is 2. The summed E-state index contributed by atoms with van der Waals surface area (Å²) in [7, 11) is 0. The molecule has 0 amide bonds. The molecular formula is C36H35N5O3S. The highest BCUT2D eigenvalue weighted by Gasteiger charge is 2.14. The van der Waals surface area contributed by atoms with Gasteiger partial charge in [0.2, 0.25) is 4.96 Å². The molecule has 0 saturated heterocycles. The van der Waals surface area contributed by atoms with E-state index in [0.29, 0.717) is 21.9 Å². The second kappa shape index (κ2) is 14.2. The van der Waals surface area contributed by atoms with Crippen LogP contribution in [0.15, 0.2) is 89.9 Å². The Morgan fingerprint density at radius 2 is 1.47 bits per heavy atom. The van der Waals surface area contributed by atoms with Crippen molar-refractivity contribution in [2.75, 3.05) is 13.2 Å². The minimum absolute atomic E-state index is 0.214. The van der Waals surface area contributed by atoms with Gasteiger partial charge in [-0.25, -0.2) is 4.68 Å². The molecule has 6 rings (SSSR count). The van der Waals surface area contributed by atoms with Crippen LogP contribution in [0.25, 0.3) is 40.1 Å². The molecule has 9 heteroatoms. The van der Waals surface area contributed by atoms with E-state index in [9.17, 15) is 4.79 Å². The van der Waals surface area contributed by atoms with Crippen LogP contribution in [0.2, 0.25) is 0 Å². The second-order valence-electron chi connectivity index (χ2n) is 10.6. The van der Waals surface area contributed by atoms with Crippen LogP contribution in [-0.4, -0.2) is 37.6 Å². The van der Waals surface area contributed by atoms with Gasteiger partial charge in [0.05, 0.1) is 23.4 Å². The van der Waals surface area contributed by atoms with E-state index in [1.165, 1.54) is 15.9 Å². The predicted octanol–water partition coefficient (Wildman–Crippen LogP) is 7.08. The van der Waals surface area contributed by atoms with Crippen molar-refractivity contribution in [2.45, 2.75) is 39.5 Å². The number of para-hydroxylation sites is 1. The van der Waals surface area contributed by atoms with Crippen molar-refractivity contribution in [3.05, 3.63) is 117 Å². The molecule has 3 aromatic carbocycles. The summed E-state index contributed by atoms with van der Waals surface area (Å²) in [5.74, 6) is 2.16. The maximum absolute atomic E-state index is 13.4. The lowest BCUT2D eigenvalue weighted by Crippen LogP contribution is -2.23. The van der Waals surface area contributed by atoms with Crippen molar-refractivity contribution in [1.82, 2.24) is 24.4 Å². The maximum atomic E-state index is 13.4. The van der Waals surface area contributed by atoms with E-state index < -0.39 is 0 Å². The molecule has 8 nitrogen and oxygen atoms in total. The molecule has 0 aliphatic rings. The molecule has 3 aromatic heterocycles. The lowest BCUT2D eigenvalue weighted by molar-refractivity contribution is 0.309. The molecule has 3 heterocycles. The monoisotopic (exact) mass is 617 g/mol. The predicted molar refractivity (Wildman–Crippen MR) is 181 cm³/mol. The number of rotatable bonds is 13. The van der Waals surface area contributed by atoms with Crippen molar-refractivity contribution in [3.63, 3.8) is 0 Å². The minimum atomic E-state index is -0.214. The van der Waals surface area contributed by atoms with E-state index in [4.69, 9.17) is 14.6 Å². The summed E-state index contributed by atoms with van der Waals surface area (Å²) in [6, 6.07) is 25.7. The molecule has 0 fully saturated rings. The molecular weight excluding hydrogens is 582 g/mol. The number of hydrogen-bond acceptors (Lipinski definition) is 7. The largest absolute Gasteiger partial charge is 0.494 e. The number of fused-ring (bicyclic) bond motifs is 1. The van der Waals surface area contributed by atoms with Crippen molar-refractivity contribution >= 4 is 34.5 Å².